The summed E-state index contributed by atoms with van der Waals surface area (Å²) in [5.74, 6) is -6.32. The highest BCUT2D eigenvalue weighted by Gasteiger charge is 2.49. The van der Waals surface area contributed by atoms with E-state index >= 15 is 0 Å². The molecule has 4 aromatic carbocycles. The number of hydrazine groups is 1. The normalized spacial score (nSPS) is 16.5. The monoisotopic (exact) mass is 898 g/mol. The zero-order chi connectivity index (χ0) is 46.8. The van der Waals surface area contributed by atoms with Crippen molar-refractivity contribution in [2.75, 3.05) is 26.4 Å². The quantitative estimate of drug-likeness (QED) is 0.0517. The van der Waals surface area contributed by atoms with Gasteiger partial charge in [0, 0.05) is 57.0 Å². The SMILES string of the molecule is CCCCCCCCOCC(CC)N1C(=O)c2ccc3c4c(ccc(c24)C1=O)C(=O)N(N1C(=O)c2ccc4c5c(ccc(c25)C1=O)C(=O)N(C(CC)COCCCCCCCC)C4=O)C3=O. The molecule has 4 aliphatic heterocycles. The Morgan fingerprint density at radius 2 is 0.591 bits per heavy atom. The van der Waals surface area contributed by atoms with Gasteiger partial charge in [0.05, 0.1) is 47.6 Å². The van der Waals surface area contributed by atoms with Crippen molar-refractivity contribution in [3.63, 3.8) is 0 Å². The lowest BCUT2D eigenvalue weighted by Crippen LogP contribution is -2.58. The van der Waals surface area contributed by atoms with Gasteiger partial charge in [0.25, 0.3) is 47.3 Å². The maximum atomic E-state index is 14.5. The molecule has 0 saturated carbocycles. The minimum atomic E-state index is -1.01. The van der Waals surface area contributed by atoms with Crippen molar-refractivity contribution >= 4 is 68.8 Å². The number of imide groups is 4. The molecule has 346 valence electrons. The molecule has 0 aromatic heterocycles. The van der Waals surface area contributed by atoms with E-state index in [9.17, 15) is 38.4 Å². The Balaban J connectivity index is 1.03. The van der Waals surface area contributed by atoms with Crippen LogP contribution in [-0.2, 0) is 9.47 Å². The summed E-state index contributed by atoms with van der Waals surface area (Å²) in [4.78, 5) is 117. The summed E-state index contributed by atoms with van der Waals surface area (Å²) < 4.78 is 11.9. The molecule has 4 aliphatic rings. The zero-order valence-electron chi connectivity index (χ0n) is 38.4. The minimum absolute atomic E-state index is 0.0806. The molecule has 0 bridgehead atoms. The van der Waals surface area contributed by atoms with Gasteiger partial charge in [-0.3, -0.25) is 48.2 Å². The number of unbranched alkanes of at least 4 members (excludes halogenated alkanes) is 10. The summed E-state index contributed by atoms with van der Waals surface area (Å²) in [5.41, 5.74) is 0.237. The molecule has 0 radical (unpaired) electrons. The molecule has 0 spiro atoms. The van der Waals surface area contributed by atoms with E-state index in [1.807, 2.05) is 13.8 Å². The Kier molecular flexibility index (Phi) is 13.9. The predicted molar refractivity (Wildman–Crippen MR) is 246 cm³/mol. The molecule has 4 heterocycles. The van der Waals surface area contributed by atoms with Crippen LogP contribution in [0.3, 0.4) is 0 Å². The first kappa shape index (κ1) is 46.4. The highest BCUT2D eigenvalue weighted by Crippen LogP contribution is 2.42. The first-order chi connectivity index (χ1) is 32.0. The highest BCUT2D eigenvalue weighted by atomic mass is 16.5. The number of ether oxygens (including phenoxy) is 2. The average molecular weight is 899 g/mol. The molecule has 0 saturated heterocycles. The van der Waals surface area contributed by atoms with Crippen LogP contribution in [0.5, 0.6) is 0 Å². The van der Waals surface area contributed by atoms with Crippen LogP contribution in [-0.4, -0.2) is 106 Å². The molecule has 8 amide bonds. The topological polar surface area (TPSA) is 168 Å². The maximum Gasteiger partial charge on any atom is 0.281 e. The number of carbonyl (C=O) groups is 8. The fourth-order valence-electron chi connectivity index (χ4n) is 9.95. The van der Waals surface area contributed by atoms with E-state index in [1.54, 1.807) is 0 Å². The highest BCUT2D eigenvalue weighted by molar-refractivity contribution is 6.37. The summed E-state index contributed by atoms with van der Waals surface area (Å²) in [6, 6.07) is 10.1. The standard InChI is InChI=1S/C52H58N4O10/c1-5-9-11-13-15-17-27-65-29-31(7-3)53-45(57)33-19-23-37-43-38(24-20-34(41(33)43)46(53)58)50(62)55(49(37)61)56-51(63)39-25-21-35-42-36(22-26-40(44(39)42)52(56)64)48(60)54(47(35)59)32(8-4)30-66-28-18-16-14-12-10-6-2/h19-26,31-32H,5-18,27-30H2,1-4H3. The number of hydrogen-bond donors (Lipinski definition) is 0. The number of rotatable bonds is 23. The van der Waals surface area contributed by atoms with Crippen molar-refractivity contribution in [2.45, 2.75) is 130 Å². The van der Waals surface area contributed by atoms with Crippen LogP contribution in [0.1, 0.15) is 200 Å². The zero-order valence-corrected chi connectivity index (χ0v) is 38.4. The molecule has 0 aliphatic carbocycles. The van der Waals surface area contributed by atoms with Crippen molar-refractivity contribution in [2.24, 2.45) is 0 Å². The minimum Gasteiger partial charge on any atom is -0.379 e. The first-order valence-electron chi connectivity index (χ1n) is 23.9. The lowest BCUT2D eigenvalue weighted by molar-refractivity contribution is 0.00210. The van der Waals surface area contributed by atoms with Crippen LogP contribution in [0.4, 0.5) is 0 Å². The molecule has 66 heavy (non-hydrogen) atoms. The summed E-state index contributed by atoms with van der Waals surface area (Å²) >= 11 is 0. The Hall–Kier alpha value is -6.12. The smallest absolute Gasteiger partial charge is 0.281 e. The molecule has 0 N–H and O–H groups in total. The second-order valence-corrected chi connectivity index (χ2v) is 17.8. The first-order valence-corrected chi connectivity index (χ1v) is 23.9. The molecule has 4 aromatic rings. The molecule has 14 heteroatoms. The number of nitrogens with zero attached hydrogens (tertiary/aromatic N) is 4. The van der Waals surface area contributed by atoms with E-state index in [0.717, 1.165) is 38.5 Å². The van der Waals surface area contributed by atoms with Gasteiger partial charge >= 0.3 is 0 Å². The third kappa shape index (κ3) is 7.91. The number of amides is 8. The van der Waals surface area contributed by atoms with Crippen molar-refractivity contribution < 1.29 is 47.8 Å². The van der Waals surface area contributed by atoms with Gasteiger partial charge in [-0.15, -0.1) is 0 Å². The summed E-state index contributed by atoms with van der Waals surface area (Å²) in [7, 11) is 0. The van der Waals surface area contributed by atoms with E-state index in [4.69, 9.17) is 9.47 Å². The third-order valence-corrected chi connectivity index (χ3v) is 13.6. The van der Waals surface area contributed by atoms with Gasteiger partial charge < -0.3 is 9.47 Å². The Bertz CT molecular complexity index is 2350. The van der Waals surface area contributed by atoms with Gasteiger partial charge in [-0.2, -0.15) is 10.0 Å². The van der Waals surface area contributed by atoms with Gasteiger partial charge in [-0.25, -0.2) is 0 Å². The van der Waals surface area contributed by atoms with Crippen LogP contribution in [0.25, 0.3) is 21.5 Å². The lowest BCUT2D eigenvalue weighted by atomic mass is 9.85. The Morgan fingerprint density at radius 3 is 0.848 bits per heavy atom. The largest absolute Gasteiger partial charge is 0.379 e. The number of hydrogen-bond acceptors (Lipinski definition) is 10. The summed E-state index contributed by atoms with van der Waals surface area (Å²) in [5, 5.41) is 1.46. The van der Waals surface area contributed by atoms with Gasteiger partial charge in [0.2, 0.25) is 0 Å². The molecular weight excluding hydrogens is 841 g/mol. The van der Waals surface area contributed by atoms with E-state index in [0.29, 0.717) is 36.1 Å². The Labute approximate surface area is 384 Å². The van der Waals surface area contributed by atoms with Crippen molar-refractivity contribution in [3.8, 4) is 0 Å². The number of carbonyl (C=O) groups excluding carboxylic acids is 8. The summed E-state index contributed by atoms with van der Waals surface area (Å²) in [6.07, 6.45) is 14.1. The Morgan fingerprint density at radius 1 is 0.348 bits per heavy atom. The van der Waals surface area contributed by atoms with E-state index in [2.05, 4.69) is 13.8 Å². The van der Waals surface area contributed by atoms with E-state index < -0.39 is 59.3 Å². The van der Waals surface area contributed by atoms with Crippen LogP contribution >= 0.6 is 0 Å². The van der Waals surface area contributed by atoms with E-state index in [1.165, 1.54) is 96.9 Å². The van der Waals surface area contributed by atoms with Crippen LogP contribution in [0, 0.1) is 0 Å². The van der Waals surface area contributed by atoms with Crippen molar-refractivity contribution in [1.29, 1.82) is 0 Å². The molecule has 2 unspecified atom stereocenters. The lowest BCUT2D eigenvalue weighted by Gasteiger charge is -2.39. The van der Waals surface area contributed by atoms with Gasteiger partial charge in [-0.05, 0) is 74.2 Å². The van der Waals surface area contributed by atoms with Gasteiger partial charge in [-0.1, -0.05) is 91.9 Å². The molecule has 14 nitrogen and oxygen atoms in total. The van der Waals surface area contributed by atoms with Crippen molar-refractivity contribution in [3.05, 3.63) is 93.0 Å². The van der Waals surface area contributed by atoms with Gasteiger partial charge in [0.15, 0.2) is 0 Å². The summed E-state index contributed by atoms with van der Waals surface area (Å²) in [6.45, 7) is 9.44. The van der Waals surface area contributed by atoms with Gasteiger partial charge in [0.1, 0.15) is 0 Å². The predicted octanol–water partition coefficient (Wildman–Crippen LogP) is 9.30. The van der Waals surface area contributed by atoms with E-state index in [-0.39, 0.29) is 79.3 Å². The van der Waals surface area contributed by atoms with Crippen LogP contribution in [0.2, 0.25) is 0 Å². The molecule has 0 fully saturated rings. The molecule has 2 atom stereocenters. The second kappa shape index (κ2) is 19.8. The second-order valence-electron chi connectivity index (χ2n) is 17.8. The maximum absolute atomic E-state index is 14.5. The molecule has 8 rings (SSSR count). The number of benzene rings is 4. The van der Waals surface area contributed by atoms with Crippen LogP contribution < -0.4 is 0 Å². The third-order valence-electron chi connectivity index (χ3n) is 13.6. The average Bonchev–Trinajstić information content (AvgIpc) is 3.32. The fraction of sp³-hybridized carbons (Fsp3) is 0.462. The fourth-order valence-corrected chi connectivity index (χ4v) is 9.95. The van der Waals surface area contributed by atoms with Crippen LogP contribution in [0.15, 0.2) is 48.5 Å². The molecular formula is C52H58N4O10. The van der Waals surface area contributed by atoms with Crippen molar-refractivity contribution in [1.82, 2.24) is 19.8 Å².